The van der Waals surface area contributed by atoms with Gasteiger partial charge in [0, 0.05) is 19.6 Å². The Labute approximate surface area is 67.3 Å². The molecular formula is C7H17N3O. The molecule has 0 amide bonds. The van der Waals surface area contributed by atoms with Crippen LogP contribution < -0.4 is 16.8 Å². The fourth-order valence-corrected chi connectivity index (χ4v) is 0.575. The minimum Gasteiger partial charge on any atom is -0.329 e. The third kappa shape index (κ3) is 4.08. The SMILES string of the molecule is CC(=O)C(C)(N)CNCCN. The lowest BCUT2D eigenvalue weighted by Gasteiger charge is -2.21. The van der Waals surface area contributed by atoms with Crippen molar-refractivity contribution in [2.45, 2.75) is 19.4 Å². The van der Waals surface area contributed by atoms with Crippen LogP contribution in [-0.4, -0.2) is 31.0 Å². The highest BCUT2D eigenvalue weighted by Crippen LogP contribution is 1.97. The smallest absolute Gasteiger partial charge is 0.150 e. The molecule has 0 rings (SSSR count). The van der Waals surface area contributed by atoms with Crippen molar-refractivity contribution in [3.63, 3.8) is 0 Å². The number of ketones is 1. The first-order valence-corrected chi connectivity index (χ1v) is 3.71. The van der Waals surface area contributed by atoms with E-state index in [0.29, 0.717) is 19.6 Å². The zero-order chi connectivity index (χ0) is 8.91. The van der Waals surface area contributed by atoms with Crippen LogP contribution in [0.3, 0.4) is 0 Å². The van der Waals surface area contributed by atoms with Gasteiger partial charge in [0.2, 0.25) is 0 Å². The number of hydrogen-bond acceptors (Lipinski definition) is 4. The monoisotopic (exact) mass is 159 g/mol. The molecule has 0 aromatic heterocycles. The number of nitrogens with two attached hydrogens (primary N) is 2. The lowest BCUT2D eigenvalue weighted by Crippen LogP contribution is -2.52. The minimum absolute atomic E-state index is 0.0120. The summed E-state index contributed by atoms with van der Waals surface area (Å²) in [5.74, 6) is -0.0120. The molecule has 0 fully saturated rings. The van der Waals surface area contributed by atoms with Gasteiger partial charge in [-0.1, -0.05) is 0 Å². The summed E-state index contributed by atoms with van der Waals surface area (Å²) in [6.45, 7) is 4.94. The molecule has 0 bridgehead atoms. The van der Waals surface area contributed by atoms with E-state index in [2.05, 4.69) is 5.32 Å². The zero-order valence-electron chi connectivity index (χ0n) is 7.18. The molecule has 0 aliphatic rings. The van der Waals surface area contributed by atoms with Crippen molar-refractivity contribution < 1.29 is 4.79 Å². The highest BCUT2D eigenvalue weighted by Gasteiger charge is 2.22. The fraction of sp³-hybridized carbons (Fsp3) is 0.857. The van der Waals surface area contributed by atoms with Crippen LogP contribution in [0.15, 0.2) is 0 Å². The van der Waals surface area contributed by atoms with Crippen molar-refractivity contribution in [1.29, 1.82) is 0 Å². The third-order valence-electron chi connectivity index (χ3n) is 1.62. The molecule has 4 heteroatoms. The maximum Gasteiger partial charge on any atom is 0.150 e. The minimum atomic E-state index is -0.755. The first kappa shape index (κ1) is 10.6. The summed E-state index contributed by atoms with van der Waals surface area (Å²) in [6.07, 6.45) is 0. The summed E-state index contributed by atoms with van der Waals surface area (Å²) in [6, 6.07) is 0. The van der Waals surface area contributed by atoms with E-state index < -0.39 is 5.54 Å². The quantitative estimate of drug-likeness (QED) is 0.442. The molecule has 0 aliphatic heterocycles. The van der Waals surface area contributed by atoms with Crippen LogP contribution in [0, 0.1) is 0 Å². The van der Waals surface area contributed by atoms with Gasteiger partial charge in [-0.3, -0.25) is 4.79 Å². The molecular weight excluding hydrogens is 142 g/mol. The molecule has 1 unspecified atom stereocenters. The van der Waals surface area contributed by atoms with E-state index in [4.69, 9.17) is 11.5 Å². The zero-order valence-corrected chi connectivity index (χ0v) is 7.18. The topological polar surface area (TPSA) is 81.1 Å². The summed E-state index contributed by atoms with van der Waals surface area (Å²) in [4.78, 5) is 10.9. The Kier molecular flexibility index (Phi) is 4.25. The number of carbonyl (C=O) groups is 1. The fourth-order valence-electron chi connectivity index (χ4n) is 0.575. The highest BCUT2D eigenvalue weighted by molar-refractivity contribution is 5.85. The van der Waals surface area contributed by atoms with Crippen molar-refractivity contribution in [2.75, 3.05) is 19.6 Å². The predicted molar refractivity (Wildman–Crippen MR) is 45.2 cm³/mol. The maximum absolute atomic E-state index is 10.9. The van der Waals surface area contributed by atoms with Gasteiger partial charge < -0.3 is 16.8 Å². The number of Topliss-reactive ketones (excluding diaryl/α,β-unsaturated/α-hetero) is 1. The molecule has 11 heavy (non-hydrogen) atoms. The molecule has 0 aromatic rings. The van der Waals surface area contributed by atoms with Crippen molar-refractivity contribution >= 4 is 5.78 Å². The number of hydrogen-bond donors (Lipinski definition) is 3. The van der Waals surface area contributed by atoms with E-state index in [9.17, 15) is 4.79 Å². The summed E-state index contributed by atoms with van der Waals surface area (Å²) in [5.41, 5.74) is 10.1. The van der Waals surface area contributed by atoms with Gasteiger partial charge in [-0.05, 0) is 13.8 Å². The lowest BCUT2D eigenvalue weighted by molar-refractivity contribution is -0.121. The Hall–Kier alpha value is -0.450. The first-order chi connectivity index (χ1) is 5.00. The molecule has 0 heterocycles. The molecule has 0 aromatic carbocycles. The van der Waals surface area contributed by atoms with Crippen LogP contribution in [0.1, 0.15) is 13.8 Å². The second kappa shape index (κ2) is 4.43. The van der Waals surface area contributed by atoms with Gasteiger partial charge >= 0.3 is 0 Å². The molecule has 5 N–H and O–H groups in total. The van der Waals surface area contributed by atoms with Crippen LogP contribution in [0.4, 0.5) is 0 Å². The summed E-state index contributed by atoms with van der Waals surface area (Å²) in [5, 5.41) is 2.99. The maximum atomic E-state index is 10.9. The van der Waals surface area contributed by atoms with E-state index in [-0.39, 0.29) is 5.78 Å². The Morgan fingerprint density at radius 2 is 2.18 bits per heavy atom. The van der Waals surface area contributed by atoms with Crippen molar-refractivity contribution in [3.8, 4) is 0 Å². The highest BCUT2D eigenvalue weighted by atomic mass is 16.1. The van der Waals surface area contributed by atoms with Crippen LogP contribution in [0.25, 0.3) is 0 Å². The van der Waals surface area contributed by atoms with E-state index in [1.807, 2.05) is 0 Å². The molecule has 0 spiro atoms. The Morgan fingerprint density at radius 1 is 1.64 bits per heavy atom. The number of carbonyl (C=O) groups excluding carboxylic acids is 1. The normalized spacial score (nSPS) is 16.0. The van der Waals surface area contributed by atoms with Gasteiger partial charge in [-0.25, -0.2) is 0 Å². The number of nitrogens with one attached hydrogen (secondary N) is 1. The van der Waals surface area contributed by atoms with Crippen LogP contribution in [0.5, 0.6) is 0 Å². The van der Waals surface area contributed by atoms with Crippen molar-refractivity contribution in [3.05, 3.63) is 0 Å². The lowest BCUT2D eigenvalue weighted by atomic mass is 9.99. The molecule has 66 valence electrons. The van der Waals surface area contributed by atoms with Crippen LogP contribution >= 0.6 is 0 Å². The average molecular weight is 159 g/mol. The molecule has 0 saturated carbocycles. The van der Waals surface area contributed by atoms with Crippen LogP contribution in [-0.2, 0) is 4.79 Å². The summed E-state index contributed by atoms with van der Waals surface area (Å²) >= 11 is 0. The predicted octanol–water partition coefficient (Wildman–Crippen LogP) is -1.16. The second-order valence-corrected chi connectivity index (χ2v) is 2.94. The largest absolute Gasteiger partial charge is 0.329 e. The third-order valence-corrected chi connectivity index (χ3v) is 1.62. The Morgan fingerprint density at radius 3 is 2.55 bits per heavy atom. The molecule has 1 atom stereocenters. The van der Waals surface area contributed by atoms with Gasteiger partial charge in [0.1, 0.15) is 0 Å². The van der Waals surface area contributed by atoms with Gasteiger partial charge in [0.05, 0.1) is 5.54 Å². The molecule has 0 aliphatic carbocycles. The van der Waals surface area contributed by atoms with Gasteiger partial charge in [-0.2, -0.15) is 0 Å². The molecule has 4 nitrogen and oxygen atoms in total. The molecule has 0 saturated heterocycles. The first-order valence-electron chi connectivity index (χ1n) is 3.71. The van der Waals surface area contributed by atoms with Crippen molar-refractivity contribution in [2.24, 2.45) is 11.5 Å². The van der Waals surface area contributed by atoms with E-state index in [1.54, 1.807) is 6.92 Å². The van der Waals surface area contributed by atoms with Crippen LogP contribution in [0.2, 0.25) is 0 Å². The summed E-state index contributed by atoms with van der Waals surface area (Å²) in [7, 11) is 0. The standard InChI is InChI=1S/C7H17N3O/c1-6(11)7(2,9)5-10-4-3-8/h10H,3-5,8-9H2,1-2H3. The summed E-state index contributed by atoms with van der Waals surface area (Å²) < 4.78 is 0. The van der Waals surface area contributed by atoms with E-state index in [1.165, 1.54) is 6.92 Å². The van der Waals surface area contributed by atoms with E-state index >= 15 is 0 Å². The van der Waals surface area contributed by atoms with E-state index in [0.717, 1.165) is 0 Å². The number of rotatable bonds is 5. The van der Waals surface area contributed by atoms with Gasteiger partial charge in [-0.15, -0.1) is 0 Å². The van der Waals surface area contributed by atoms with Gasteiger partial charge in [0.25, 0.3) is 0 Å². The Balaban J connectivity index is 3.64. The van der Waals surface area contributed by atoms with Gasteiger partial charge in [0.15, 0.2) is 5.78 Å². The second-order valence-electron chi connectivity index (χ2n) is 2.94. The Bertz CT molecular complexity index is 134. The average Bonchev–Trinajstić information content (AvgIpc) is 1.88. The van der Waals surface area contributed by atoms with Crippen molar-refractivity contribution in [1.82, 2.24) is 5.32 Å². The molecule has 0 radical (unpaired) electrons.